The van der Waals surface area contributed by atoms with E-state index in [-0.39, 0.29) is 17.6 Å². The summed E-state index contributed by atoms with van der Waals surface area (Å²) in [5.41, 5.74) is 6.27. The van der Waals surface area contributed by atoms with E-state index in [1.807, 2.05) is 42.5 Å². The van der Waals surface area contributed by atoms with Crippen molar-refractivity contribution in [3.05, 3.63) is 71.3 Å². The van der Waals surface area contributed by atoms with Gasteiger partial charge in [-0.1, -0.05) is 12.1 Å². The third-order valence-corrected chi connectivity index (χ3v) is 7.51. The van der Waals surface area contributed by atoms with Crippen molar-refractivity contribution >= 4 is 21.5 Å². The van der Waals surface area contributed by atoms with Gasteiger partial charge in [0.1, 0.15) is 33.7 Å². The number of esters is 1. The number of anilines is 1. The molecular formula is C29H31NO6S. The average Bonchev–Trinajstić information content (AvgIpc) is 3.70. The number of hydrogen-bond donors (Lipinski definition) is 1. The lowest BCUT2D eigenvalue weighted by Gasteiger charge is -2.24. The van der Waals surface area contributed by atoms with Crippen molar-refractivity contribution in [3.63, 3.8) is 0 Å². The highest BCUT2D eigenvalue weighted by Gasteiger charge is 2.31. The molecule has 0 spiro atoms. The first-order chi connectivity index (χ1) is 17.7. The Bertz CT molecular complexity index is 1430. The fraction of sp³-hybridized carbons (Fsp3) is 0.345. The predicted molar refractivity (Wildman–Crippen MR) is 143 cm³/mol. The smallest absolute Gasteiger partial charge is 0.314 e. The molecule has 0 amide bonds. The first kappa shape index (κ1) is 25.1. The van der Waals surface area contributed by atoms with Crippen LogP contribution in [0.4, 0.5) is 5.69 Å². The van der Waals surface area contributed by atoms with Crippen molar-refractivity contribution in [1.82, 2.24) is 0 Å². The SMILES string of the molecule is Cc1cc(OCCCS(C)(=O)=O)cc2c1-c1cc(CNc3cccc(OC(=O)C4CC4)c3)ccc1OC2. The molecule has 5 rings (SSSR count). The number of benzene rings is 3. The molecule has 1 aliphatic carbocycles. The lowest BCUT2D eigenvalue weighted by Crippen LogP contribution is -2.11. The highest BCUT2D eigenvalue weighted by Crippen LogP contribution is 2.42. The molecule has 0 atom stereocenters. The number of ether oxygens (including phenoxy) is 3. The Hall–Kier alpha value is -3.52. The predicted octanol–water partition coefficient (Wildman–Crippen LogP) is 5.30. The Balaban J connectivity index is 1.27. The zero-order valence-electron chi connectivity index (χ0n) is 21.1. The normalized spacial score (nSPS) is 14.2. The topological polar surface area (TPSA) is 90.9 Å². The average molecular weight is 522 g/mol. The van der Waals surface area contributed by atoms with Crippen LogP contribution in [0, 0.1) is 12.8 Å². The van der Waals surface area contributed by atoms with Crippen LogP contribution in [0.25, 0.3) is 11.1 Å². The van der Waals surface area contributed by atoms with Gasteiger partial charge in [-0.3, -0.25) is 4.79 Å². The number of fused-ring (bicyclic) bond motifs is 3. The van der Waals surface area contributed by atoms with Crippen LogP contribution >= 0.6 is 0 Å². The molecule has 194 valence electrons. The largest absolute Gasteiger partial charge is 0.494 e. The molecule has 2 aliphatic rings. The molecule has 3 aromatic rings. The van der Waals surface area contributed by atoms with Gasteiger partial charge in [0.25, 0.3) is 0 Å². The summed E-state index contributed by atoms with van der Waals surface area (Å²) >= 11 is 0. The van der Waals surface area contributed by atoms with Gasteiger partial charge in [0.05, 0.1) is 18.3 Å². The van der Waals surface area contributed by atoms with Crippen molar-refractivity contribution in [2.45, 2.75) is 39.3 Å². The number of nitrogens with one attached hydrogen (secondary N) is 1. The Kier molecular flexibility index (Phi) is 7.11. The summed E-state index contributed by atoms with van der Waals surface area (Å²) in [5.74, 6) is 2.14. The number of hydrogen-bond acceptors (Lipinski definition) is 7. The van der Waals surface area contributed by atoms with Gasteiger partial charge in [-0.15, -0.1) is 0 Å². The Morgan fingerprint density at radius 1 is 1.08 bits per heavy atom. The van der Waals surface area contributed by atoms with Gasteiger partial charge in [0, 0.05) is 35.7 Å². The number of rotatable bonds is 10. The van der Waals surface area contributed by atoms with Crippen LogP contribution in [-0.2, 0) is 27.8 Å². The van der Waals surface area contributed by atoms with E-state index in [1.165, 1.54) is 6.26 Å². The van der Waals surface area contributed by atoms with Gasteiger partial charge in [0.2, 0.25) is 0 Å². The maximum Gasteiger partial charge on any atom is 0.314 e. The fourth-order valence-electron chi connectivity index (χ4n) is 4.47. The molecule has 1 N–H and O–H groups in total. The summed E-state index contributed by atoms with van der Waals surface area (Å²) in [4.78, 5) is 12.0. The van der Waals surface area contributed by atoms with E-state index in [2.05, 4.69) is 18.3 Å². The van der Waals surface area contributed by atoms with Crippen LogP contribution in [-0.4, -0.2) is 33.0 Å². The molecule has 1 heterocycles. The molecule has 0 saturated heterocycles. The van der Waals surface area contributed by atoms with Crippen molar-refractivity contribution < 1.29 is 27.4 Å². The summed E-state index contributed by atoms with van der Waals surface area (Å²) in [6.45, 7) is 3.45. The van der Waals surface area contributed by atoms with Crippen LogP contribution < -0.4 is 19.5 Å². The van der Waals surface area contributed by atoms with Crippen molar-refractivity contribution in [2.75, 3.05) is 23.9 Å². The van der Waals surface area contributed by atoms with Gasteiger partial charge in [-0.2, -0.15) is 0 Å². The number of sulfone groups is 1. The van der Waals surface area contributed by atoms with Gasteiger partial charge in [-0.05, 0) is 79.3 Å². The highest BCUT2D eigenvalue weighted by atomic mass is 32.2. The van der Waals surface area contributed by atoms with Gasteiger partial charge >= 0.3 is 5.97 Å². The van der Waals surface area contributed by atoms with Crippen LogP contribution in [0.3, 0.4) is 0 Å². The Morgan fingerprint density at radius 3 is 2.70 bits per heavy atom. The minimum absolute atomic E-state index is 0.0585. The molecule has 0 aromatic heterocycles. The first-order valence-corrected chi connectivity index (χ1v) is 14.6. The van der Waals surface area contributed by atoms with Gasteiger partial charge in [-0.25, -0.2) is 8.42 Å². The third kappa shape index (κ3) is 6.43. The summed E-state index contributed by atoms with van der Waals surface area (Å²) in [7, 11) is -2.99. The number of carbonyl (C=O) groups excluding carboxylic acids is 1. The van der Waals surface area contributed by atoms with E-state index >= 15 is 0 Å². The number of aryl methyl sites for hydroxylation is 1. The van der Waals surface area contributed by atoms with E-state index in [0.29, 0.717) is 31.9 Å². The second kappa shape index (κ2) is 10.5. The van der Waals surface area contributed by atoms with E-state index in [0.717, 1.165) is 57.8 Å². The Morgan fingerprint density at radius 2 is 1.92 bits per heavy atom. The second-order valence-corrected chi connectivity index (χ2v) is 12.1. The maximum absolute atomic E-state index is 12.0. The zero-order chi connectivity index (χ0) is 26.0. The lowest BCUT2D eigenvalue weighted by molar-refractivity contribution is -0.135. The summed E-state index contributed by atoms with van der Waals surface area (Å²) in [6.07, 6.45) is 3.52. The lowest BCUT2D eigenvalue weighted by atomic mass is 9.91. The molecule has 3 aromatic carbocycles. The van der Waals surface area contributed by atoms with Crippen molar-refractivity contribution in [3.8, 4) is 28.4 Å². The summed E-state index contributed by atoms with van der Waals surface area (Å²) in [5, 5.41) is 3.42. The number of carbonyl (C=O) groups is 1. The molecule has 0 radical (unpaired) electrons. The molecule has 7 nitrogen and oxygen atoms in total. The van der Waals surface area contributed by atoms with E-state index in [1.54, 1.807) is 6.07 Å². The Labute approximate surface area is 217 Å². The molecule has 0 bridgehead atoms. The second-order valence-electron chi connectivity index (χ2n) is 9.80. The van der Waals surface area contributed by atoms with Gasteiger partial charge < -0.3 is 19.5 Å². The minimum atomic E-state index is -2.99. The summed E-state index contributed by atoms with van der Waals surface area (Å²) < 4.78 is 40.0. The molecule has 1 fully saturated rings. The zero-order valence-corrected chi connectivity index (χ0v) is 21.9. The minimum Gasteiger partial charge on any atom is -0.494 e. The maximum atomic E-state index is 12.0. The van der Waals surface area contributed by atoms with Crippen molar-refractivity contribution in [2.24, 2.45) is 5.92 Å². The fourth-order valence-corrected chi connectivity index (χ4v) is 5.12. The quantitative estimate of drug-likeness (QED) is 0.220. The standard InChI is InChI=1S/C29H31NO6S/c1-19-13-25(34-11-4-12-37(2,32)33)15-22-18-35-27-10-7-20(14-26(27)28(19)22)17-30-23-5-3-6-24(16-23)36-29(31)21-8-9-21/h3,5-7,10,13-16,21,30H,4,8-9,11-12,17-18H2,1-2H3. The highest BCUT2D eigenvalue weighted by molar-refractivity contribution is 7.90. The summed E-state index contributed by atoms with van der Waals surface area (Å²) in [6, 6.07) is 17.6. The third-order valence-electron chi connectivity index (χ3n) is 6.48. The van der Waals surface area contributed by atoms with Crippen LogP contribution in [0.5, 0.6) is 17.2 Å². The molecule has 8 heteroatoms. The molecule has 1 saturated carbocycles. The molecule has 1 aliphatic heterocycles. The first-order valence-electron chi connectivity index (χ1n) is 12.5. The van der Waals surface area contributed by atoms with Crippen LogP contribution in [0.1, 0.15) is 36.0 Å². The van der Waals surface area contributed by atoms with Crippen LogP contribution in [0.15, 0.2) is 54.6 Å². The van der Waals surface area contributed by atoms with Crippen LogP contribution in [0.2, 0.25) is 0 Å². The van der Waals surface area contributed by atoms with E-state index < -0.39 is 9.84 Å². The van der Waals surface area contributed by atoms with E-state index in [4.69, 9.17) is 14.2 Å². The molecule has 37 heavy (non-hydrogen) atoms. The van der Waals surface area contributed by atoms with Gasteiger partial charge in [0.15, 0.2) is 0 Å². The molecular weight excluding hydrogens is 490 g/mol. The van der Waals surface area contributed by atoms with Crippen molar-refractivity contribution in [1.29, 1.82) is 0 Å². The van der Waals surface area contributed by atoms with E-state index in [9.17, 15) is 13.2 Å². The molecule has 0 unspecified atom stereocenters. The monoisotopic (exact) mass is 521 g/mol.